The Hall–Kier alpha value is -1.02. The van der Waals surface area contributed by atoms with Gasteiger partial charge in [-0.15, -0.1) is 0 Å². The molecule has 1 aromatic rings. The summed E-state index contributed by atoms with van der Waals surface area (Å²) in [4.78, 5) is 2.43. The number of hydrogen-bond donors (Lipinski definition) is 1. The van der Waals surface area contributed by atoms with Gasteiger partial charge in [-0.25, -0.2) is 0 Å². The highest BCUT2D eigenvalue weighted by Gasteiger charge is 2.18. The molecule has 2 nitrogen and oxygen atoms in total. The number of aliphatic hydroxyl groups excluding tert-OH is 1. The summed E-state index contributed by atoms with van der Waals surface area (Å²) in [6.07, 6.45) is 2.23. The van der Waals surface area contributed by atoms with Crippen LogP contribution in [-0.2, 0) is 0 Å². The Morgan fingerprint density at radius 1 is 1.18 bits per heavy atom. The second-order valence-corrected chi connectivity index (χ2v) is 5.36. The minimum atomic E-state index is 0.347. The molecule has 0 aliphatic carbocycles. The van der Waals surface area contributed by atoms with E-state index in [0.29, 0.717) is 18.4 Å². The van der Waals surface area contributed by atoms with Crippen LogP contribution < -0.4 is 4.90 Å². The highest BCUT2D eigenvalue weighted by atomic mass is 16.3. The molecule has 1 fully saturated rings. The van der Waals surface area contributed by atoms with E-state index in [0.717, 1.165) is 25.9 Å². The lowest BCUT2D eigenvalue weighted by Gasteiger charge is -2.33. The van der Waals surface area contributed by atoms with Crippen LogP contribution >= 0.6 is 0 Å². The number of piperidine rings is 1. The molecular formula is C15H23NO. The number of hydrogen-bond acceptors (Lipinski definition) is 2. The van der Waals surface area contributed by atoms with Crippen LogP contribution in [0.4, 0.5) is 5.69 Å². The maximum Gasteiger partial charge on any atom is 0.0460 e. The molecule has 94 valence electrons. The van der Waals surface area contributed by atoms with E-state index in [1.165, 1.54) is 11.3 Å². The Kier molecular flexibility index (Phi) is 4.06. The fourth-order valence-electron chi connectivity index (χ4n) is 2.44. The summed E-state index contributed by atoms with van der Waals surface area (Å²) >= 11 is 0. The Balaban J connectivity index is 1.99. The fourth-order valence-corrected chi connectivity index (χ4v) is 2.44. The molecule has 1 aliphatic heterocycles. The van der Waals surface area contributed by atoms with Crippen molar-refractivity contribution < 1.29 is 5.11 Å². The summed E-state index contributed by atoms with van der Waals surface area (Å²) in [5, 5.41) is 9.13. The summed E-state index contributed by atoms with van der Waals surface area (Å²) in [6, 6.07) is 8.93. The molecule has 0 spiro atoms. The van der Waals surface area contributed by atoms with Crippen molar-refractivity contribution in [3.05, 3.63) is 29.8 Å². The molecular weight excluding hydrogens is 210 g/mol. The first-order valence-electron chi connectivity index (χ1n) is 6.66. The van der Waals surface area contributed by atoms with Crippen LogP contribution in [0.15, 0.2) is 24.3 Å². The summed E-state index contributed by atoms with van der Waals surface area (Å²) in [5.74, 6) is 1.12. The van der Waals surface area contributed by atoms with Gasteiger partial charge in [-0.3, -0.25) is 0 Å². The van der Waals surface area contributed by atoms with E-state index in [1.54, 1.807) is 0 Å². The largest absolute Gasteiger partial charge is 0.396 e. The molecule has 0 bridgehead atoms. The van der Waals surface area contributed by atoms with Crippen molar-refractivity contribution in [3.8, 4) is 0 Å². The lowest BCUT2D eigenvalue weighted by molar-refractivity contribution is 0.203. The number of anilines is 1. The molecule has 2 rings (SSSR count). The summed E-state index contributed by atoms with van der Waals surface area (Å²) in [5.41, 5.74) is 2.73. The molecule has 0 amide bonds. The van der Waals surface area contributed by atoms with Gasteiger partial charge in [0.1, 0.15) is 0 Å². The van der Waals surface area contributed by atoms with E-state index in [4.69, 9.17) is 5.11 Å². The van der Waals surface area contributed by atoms with Crippen LogP contribution in [0.25, 0.3) is 0 Å². The first-order chi connectivity index (χ1) is 8.20. The lowest BCUT2D eigenvalue weighted by atomic mass is 9.97. The highest BCUT2D eigenvalue weighted by molar-refractivity contribution is 5.48. The zero-order valence-corrected chi connectivity index (χ0v) is 10.9. The third kappa shape index (κ3) is 3.01. The molecule has 1 aliphatic rings. The van der Waals surface area contributed by atoms with Crippen LogP contribution in [0.2, 0.25) is 0 Å². The quantitative estimate of drug-likeness (QED) is 0.867. The second-order valence-electron chi connectivity index (χ2n) is 5.36. The van der Waals surface area contributed by atoms with Gasteiger partial charge in [0.25, 0.3) is 0 Å². The van der Waals surface area contributed by atoms with Crippen LogP contribution in [0.5, 0.6) is 0 Å². The maximum atomic E-state index is 9.13. The van der Waals surface area contributed by atoms with Crippen molar-refractivity contribution in [2.75, 3.05) is 24.6 Å². The van der Waals surface area contributed by atoms with Crippen molar-refractivity contribution in [1.29, 1.82) is 0 Å². The second kappa shape index (κ2) is 5.54. The first-order valence-corrected chi connectivity index (χ1v) is 6.66. The molecule has 2 heteroatoms. The smallest absolute Gasteiger partial charge is 0.0460 e. The molecule has 0 aromatic heterocycles. The van der Waals surface area contributed by atoms with Gasteiger partial charge < -0.3 is 10.0 Å². The molecule has 1 aromatic carbocycles. The van der Waals surface area contributed by atoms with Gasteiger partial charge in [-0.05, 0) is 42.4 Å². The third-order valence-corrected chi connectivity index (χ3v) is 3.80. The van der Waals surface area contributed by atoms with Crippen LogP contribution in [0, 0.1) is 5.92 Å². The minimum Gasteiger partial charge on any atom is -0.396 e. The molecule has 1 heterocycles. The summed E-state index contributed by atoms with van der Waals surface area (Å²) in [7, 11) is 0. The van der Waals surface area contributed by atoms with E-state index in [1.807, 2.05) is 0 Å². The van der Waals surface area contributed by atoms with Crippen molar-refractivity contribution >= 4 is 5.69 Å². The topological polar surface area (TPSA) is 23.5 Å². The van der Waals surface area contributed by atoms with Gasteiger partial charge in [0, 0.05) is 25.4 Å². The maximum absolute atomic E-state index is 9.13. The molecule has 0 unspecified atom stereocenters. The predicted molar refractivity (Wildman–Crippen MR) is 72.6 cm³/mol. The van der Waals surface area contributed by atoms with E-state index in [9.17, 15) is 0 Å². The molecule has 0 radical (unpaired) electrons. The van der Waals surface area contributed by atoms with E-state index >= 15 is 0 Å². The number of benzene rings is 1. The summed E-state index contributed by atoms with van der Waals surface area (Å²) in [6.45, 7) is 6.95. The van der Waals surface area contributed by atoms with Gasteiger partial charge in [-0.1, -0.05) is 26.0 Å². The van der Waals surface area contributed by atoms with Crippen molar-refractivity contribution in [2.45, 2.75) is 32.6 Å². The standard InChI is InChI=1S/C15H23NO/c1-12(2)14-3-5-15(6-4-14)16-9-7-13(11-17)8-10-16/h3-6,12-13,17H,7-11H2,1-2H3. The van der Waals surface area contributed by atoms with Crippen molar-refractivity contribution in [3.63, 3.8) is 0 Å². The molecule has 17 heavy (non-hydrogen) atoms. The Labute approximate surface area is 104 Å². The van der Waals surface area contributed by atoms with E-state index in [-0.39, 0.29) is 0 Å². The monoisotopic (exact) mass is 233 g/mol. The van der Waals surface area contributed by atoms with Gasteiger partial charge >= 0.3 is 0 Å². The molecule has 1 saturated heterocycles. The van der Waals surface area contributed by atoms with Crippen LogP contribution in [0.1, 0.15) is 38.2 Å². The first kappa shape index (κ1) is 12.4. The van der Waals surface area contributed by atoms with Crippen LogP contribution in [0.3, 0.4) is 0 Å². The lowest BCUT2D eigenvalue weighted by Crippen LogP contribution is -2.34. The fraction of sp³-hybridized carbons (Fsp3) is 0.600. The van der Waals surface area contributed by atoms with Gasteiger partial charge in [0.2, 0.25) is 0 Å². The van der Waals surface area contributed by atoms with Crippen LogP contribution in [-0.4, -0.2) is 24.8 Å². The normalized spacial score (nSPS) is 17.8. The highest BCUT2D eigenvalue weighted by Crippen LogP contribution is 2.24. The number of nitrogens with zero attached hydrogens (tertiary/aromatic N) is 1. The Bertz CT molecular complexity index is 336. The third-order valence-electron chi connectivity index (χ3n) is 3.80. The van der Waals surface area contributed by atoms with Gasteiger partial charge in [0.15, 0.2) is 0 Å². The zero-order chi connectivity index (χ0) is 12.3. The van der Waals surface area contributed by atoms with Crippen molar-refractivity contribution in [2.24, 2.45) is 5.92 Å². The minimum absolute atomic E-state index is 0.347. The summed E-state index contributed by atoms with van der Waals surface area (Å²) < 4.78 is 0. The number of aliphatic hydroxyl groups is 1. The van der Waals surface area contributed by atoms with Gasteiger partial charge in [-0.2, -0.15) is 0 Å². The molecule has 1 N–H and O–H groups in total. The van der Waals surface area contributed by atoms with E-state index < -0.39 is 0 Å². The zero-order valence-electron chi connectivity index (χ0n) is 10.9. The average Bonchev–Trinajstić information content (AvgIpc) is 2.39. The number of rotatable bonds is 3. The molecule has 0 atom stereocenters. The van der Waals surface area contributed by atoms with Gasteiger partial charge in [0.05, 0.1) is 0 Å². The SMILES string of the molecule is CC(C)c1ccc(N2CCC(CO)CC2)cc1. The van der Waals surface area contributed by atoms with Crippen molar-refractivity contribution in [1.82, 2.24) is 0 Å². The predicted octanol–water partition coefficient (Wildman–Crippen LogP) is 3.02. The Morgan fingerprint density at radius 2 is 1.76 bits per heavy atom. The molecule has 0 saturated carbocycles. The van der Waals surface area contributed by atoms with E-state index in [2.05, 4.69) is 43.0 Å². The average molecular weight is 233 g/mol. The Morgan fingerprint density at radius 3 is 2.24 bits per heavy atom.